The fraction of sp³-hybridized carbons (Fsp3) is 0.500. The summed E-state index contributed by atoms with van der Waals surface area (Å²) in [7, 11) is 1.57. The van der Waals surface area contributed by atoms with Crippen LogP contribution in [-0.2, 0) is 4.79 Å². The Hall–Kier alpha value is -2.92. The van der Waals surface area contributed by atoms with Gasteiger partial charge in [0.05, 0.1) is 13.7 Å². The number of hydrogen-bond acceptors (Lipinski definition) is 7. The van der Waals surface area contributed by atoms with E-state index in [9.17, 15) is 10.1 Å². The van der Waals surface area contributed by atoms with Crippen LogP contribution in [0.3, 0.4) is 0 Å². The number of anilines is 1. The standard InChI is InChI=1S/C24H32N4O3S/c1-5-8-9-10-13-31-20-12-11-17(15-21(20)30-4)14-19(16-25)22(29)26-24-28-27-23(32-24)18(6-2)7-3/h11-12,14-15,18H,5-10,13H2,1-4H3,(H,26,28,29)/b19-14+. The van der Waals surface area contributed by atoms with E-state index in [1.807, 2.05) is 6.07 Å². The number of nitrogens with one attached hydrogen (secondary N) is 1. The van der Waals surface area contributed by atoms with Crippen LogP contribution in [0, 0.1) is 11.3 Å². The first-order valence-corrected chi connectivity index (χ1v) is 11.9. The molecule has 0 saturated heterocycles. The van der Waals surface area contributed by atoms with Crippen LogP contribution < -0.4 is 14.8 Å². The highest BCUT2D eigenvalue weighted by molar-refractivity contribution is 7.15. The second-order valence-corrected chi connectivity index (χ2v) is 8.41. The molecule has 1 amide bonds. The molecule has 0 aliphatic carbocycles. The molecule has 7 nitrogen and oxygen atoms in total. The molecule has 8 heteroatoms. The van der Waals surface area contributed by atoms with Gasteiger partial charge in [0, 0.05) is 5.92 Å². The SMILES string of the molecule is CCCCCCOc1ccc(/C=C(\C#N)C(=O)Nc2nnc(C(CC)CC)s2)cc1OC. The average molecular weight is 457 g/mol. The summed E-state index contributed by atoms with van der Waals surface area (Å²) < 4.78 is 11.3. The van der Waals surface area contributed by atoms with Crippen LogP contribution in [0.15, 0.2) is 23.8 Å². The van der Waals surface area contributed by atoms with Crippen LogP contribution >= 0.6 is 11.3 Å². The number of unbranched alkanes of at least 4 members (excludes halogenated alkanes) is 3. The fourth-order valence-electron chi connectivity index (χ4n) is 3.17. The lowest BCUT2D eigenvalue weighted by Gasteiger charge is -2.11. The number of ether oxygens (including phenoxy) is 2. The van der Waals surface area contributed by atoms with Gasteiger partial charge in [0.1, 0.15) is 16.6 Å². The lowest BCUT2D eigenvalue weighted by Crippen LogP contribution is -2.13. The Morgan fingerprint density at radius 3 is 2.62 bits per heavy atom. The van der Waals surface area contributed by atoms with E-state index < -0.39 is 5.91 Å². The molecule has 2 aromatic rings. The van der Waals surface area contributed by atoms with Crippen molar-refractivity contribution < 1.29 is 14.3 Å². The van der Waals surface area contributed by atoms with Gasteiger partial charge in [0.2, 0.25) is 5.13 Å². The molecular weight excluding hydrogens is 424 g/mol. The van der Waals surface area contributed by atoms with Crippen LogP contribution in [-0.4, -0.2) is 29.8 Å². The van der Waals surface area contributed by atoms with Gasteiger partial charge in [0.15, 0.2) is 11.5 Å². The molecule has 0 aliphatic heterocycles. The summed E-state index contributed by atoms with van der Waals surface area (Å²) >= 11 is 1.35. The Kier molecular flexibility index (Phi) is 10.7. The van der Waals surface area contributed by atoms with Gasteiger partial charge in [-0.25, -0.2) is 0 Å². The third kappa shape index (κ3) is 7.34. The zero-order valence-corrected chi connectivity index (χ0v) is 20.1. The van der Waals surface area contributed by atoms with Crippen molar-refractivity contribution >= 4 is 28.5 Å². The normalized spacial score (nSPS) is 11.3. The number of aromatic nitrogens is 2. The lowest BCUT2D eigenvalue weighted by molar-refractivity contribution is -0.112. The van der Waals surface area contributed by atoms with E-state index in [2.05, 4.69) is 36.3 Å². The van der Waals surface area contributed by atoms with Gasteiger partial charge in [-0.3, -0.25) is 10.1 Å². The Balaban J connectivity index is 2.08. The summed E-state index contributed by atoms with van der Waals surface area (Å²) in [5.74, 6) is 1.01. The topological polar surface area (TPSA) is 97.1 Å². The molecule has 1 aromatic carbocycles. The molecule has 0 atom stereocenters. The first kappa shape index (κ1) is 25.3. The molecular formula is C24H32N4O3S. The molecule has 1 aromatic heterocycles. The van der Waals surface area contributed by atoms with E-state index in [4.69, 9.17) is 9.47 Å². The predicted octanol–water partition coefficient (Wildman–Crippen LogP) is 5.96. The summed E-state index contributed by atoms with van der Waals surface area (Å²) in [6, 6.07) is 7.31. The highest BCUT2D eigenvalue weighted by atomic mass is 32.1. The first-order valence-electron chi connectivity index (χ1n) is 11.1. The van der Waals surface area contributed by atoms with Crippen molar-refractivity contribution in [3.8, 4) is 17.6 Å². The van der Waals surface area contributed by atoms with Gasteiger partial charge in [-0.1, -0.05) is 57.4 Å². The molecule has 2 rings (SSSR count). The van der Waals surface area contributed by atoms with Crippen molar-refractivity contribution in [2.75, 3.05) is 19.0 Å². The van der Waals surface area contributed by atoms with Crippen molar-refractivity contribution in [1.82, 2.24) is 10.2 Å². The molecule has 0 fully saturated rings. The first-order chi connectivity index (χ1) is 15.6. The third-order valence-electron chi connectivity index (χ3n) is 5.12. The van der Waals surface area contributed by atoms with E-state index in [0.717, 1.165) is 30.7 Å². The Morgan fingerprint density at radius 2 is 1.97 bits per heavy atom. The zero-order chi connectivity index (χ0) is 23.3. The van der Waals surface area contributed by atoms with E-state index in [1.54, 1.807) is 25.3 Å². The molecule has 1 heterocycles. The minimum absolute atomic E-state index is 0.0282. The summed E-state index contributed by atoms with van der Waals surface area (Å²) in [6.45, 7) is 6.99. The number of benzene rings is 1. The van der Waals surface area contributed by atoms with Gasteiger partial charge < -0.3 is 9.47 Å². The molecule has 0 saturated carbocycles. The second kappa shape index (κ2) is 13.5. The Morgan fingerprint density at radius 1 is 1.19 bits per heavy atom. The molecule has 0 radical (unpaired) electrons. The van der Waals surface area contributed by atoms with Gasteiger partial charge in [-0.15, -0.1) is 10.2 Å². The molecule has 0 bridgehead atoms. The maximum atomic E-state index is 12.6. The second-order valence-electron chi connectivity index (χ2n) is 7.40. The molecule has 1 N–H and O–H groups in total. The Labute approximate surface area is 194 Å². The number of nitrogens with zero attached hydrogens (tertiary/aromatic N) is 3. The maximum absolute atomic E-state index is 12.6. The van der Waals surface area contributed by atoms with Crippen molar-refractivity contribution in [1.29, 1.82) is 5.26 Å². The van der Waals surface area contributed by atoms with E-state index in [0.29, 0.717) is 34.7 Å². The number of carbonyl (C=O) groups excluding carboxylic acids is 1. The molecule has 0 aliphatic rings. The smallest absolute Gasteiger partial charge is 0.268 e. The van der Waals surface area contributed by atoms with Gasteiger partial charge >= 0.3 is 0 Å². The van der Waals surface area contributed by atoms with E-state index >= 15 is 0 Å². The Bertz CT molecular complexity index is 945. The minimum atomic E-state index is -0.519. The number of rotatable bonds is 13. The minimum Gasteiger partial charge on any atom is -0.493 e. The highest BCUT2D eigenvalue weighted by Gasteiger charge is 2.17. The summed E-state index contributed by atoms with van der Waals surface area (Å²) in [4.78, 5) is 12.6. The number of methoxy groups -OCH3 is 1. The highest BCUT2D eigenvalue weighted by Crippen LogP contribution is 2.30. The van der Waals surface area contributed by atoms with Crippen LogP contribution in [0.5, 0.6) is 11.5 Å². The van der Waals surface area contributed by atoms with Crippen molar-refractivity contribution in [3.63, 3.8) is 0 Å². The predicted molar refractivity (Wildman–Crippen MR) is 128 cm³/mol. The lowest BCUT2D eigenvalue weighted by atomic mass is 10.1. The van der Waals surface area contributed by atoms with Crippen LogP contribution in [0.1, 0.15) is 75.8 Å². The van der Waals surface area contributed by atoms with Gasteiger partial charge in [-0.05, 0) is 43.0 Å². The average Bonchev–Trinajstić information content (AvgIpc) is 3.26. The maximum Gasteiger partial charge on any atom is 0.268 e. The largest absolute Gasteiger partial charge is 0.493 e. The monoisotopic (exact) mass is 456 g/mol. The number of hydrogen-bond donors (Lipinski definition) is 1. The third-order valence-corrected chi connectivity index (χ3v) is 6.12. The van der Waals surface area contributed by atoms with E-state index in [-0.39, 0.29) is 5.57 Å². The summed E-state index contributed by atoms with van der Waals surface area (Å²) in [6.07, 6.45) is 7.93. The number of nitriles is 1. The molecule has 0 spiro atoms. The van der Waals surface area contributed by atoms with Crippen molar-refractivity contribution in [2.45, 2.75) is 65.2 Å². The van der Waals surface area contributed by atoms with E-state index in [1.165, 1.54) is 30.3 Å². The summed E-state index contributed by atoms with van der Waals surface area (Å²) in [5, 5.41) is 21.7. The molecule has 172 valence electrons. The van der Waals surface area contributed by atoms with Crippen molar-refractivity contribution in [2.24, 2.45) is 0 Å². The molecule has 32 heavy (non-hydrogen) atoms. The zero-order valence-electron chi connectivity index (χ0n) is 19.3. The summed E-state index contributed by atoms with van der Waals surface area (Å²) in [5.41, 5.74) is 0.640. The molecule has 0 unspecified atom stereocenters. The van der Waals surface area contributed by atoms with Gasteiger partial charge in [0.25, 0.3) is 5.91 Å². The van der Waals surface area contributed by atoms with Crippen LogP contribution in [0.25, 0.3) is 6.08 Å². The number of amides is 1. The number of carbonyl (C=O) groups is 1. The van der Waals surface area contributed by atoms with Crippen LogP contribution in [0.4, 0.5) is 5.13 Å². The van der Waals surface area contributed by atoms with Gasteiger partial charge in [-0.2, -0.15) is 5.26 Å². The van der Waals surface area contributed by atoms with Crippen LogP contribution in [0.2, 0.25) is 0 Å². The quantitative estimate of drug-likeness (QED) is 0.227. The van der Waals surface area contributed by atoms with Crippen molar-refractivity contribution in [3.05, 3.63) is 34.3 Å². The fourth-order valence-corrected chi connectivity index (χ4v) is 4.18.